The summed E-state index contributed by atoms with van der Waals surface area (Å²) in [5, 5.41) is 8.02. The van der Waals surface area contributed by atoms with Gasteiger partial charge in [0.15, 0.2) is 0 Å². The second kappa shape index (κ2) is 3.82. The van der Waals surface area contributed by atoms with E-state index in [1.807, 2.05) is 19.3 Å². The summed E-state index contributed by atoms with van der Waals surface area (Å²) in [4.78, 5) is 0.950. The molecule has 0 radical (unpaired) electrons. The van der Waals surface area contributed by atoms with Gasteiger partial charge in [-0.25, -0.2) is 5.43 Å². The molecule has 1 unspecified atom stereocenters. The molecule has 0 spiro atoms. The van der Waals surface area contributed by atoms with Crippen LogP contribution in [0.4, 0.5) is 0 Å². The van der Waals surface area contributed by atoms with Crippen LogP contribution in [0.1, 0.15) is 16.6 Å². The standard InChI is InChI=1S/C7H10N6S/c1-13-3-2-5(11-13)7(10-8)6-4-9-12-14-6/h2-4,7,10H,8H2,1H3. The Balaban J connectivity index is 2.31. The van der Waals surface area contributed by atoms with Gasteiger partial charge in [0.05, 0.1) is 16.8 Å². The predicted octanol–water partition coefficient (Wildman–Crippen LogP) is -0.176. The predicted molar refractivity (Wildman–Crippen MR) is 52.3 cm³/mol. The molecule has 2 aromatic heterocycles. The van der Waals surface area contributed by atoms with Crippen molar-refractivity contribution in [3.05, 3.63) is 29.0 Å². The number of aryl methyl sites for hydroxylation is 1. The molecule has 0 aliphatic heterocycles. The quantitative estimate of drug-likeness (QED) is 0.542. The highest BCUT2D eigenvalue weighted by atomic mass is 32.1. The van der Waals surface area contributed by atoms with Gasteiger partial charge < -0.3 is 0 Å². The highest BCUT2D eigenvalue weighted by molar-refractivity contribution is 7.05. The molecule has 0 aliphatic carbocycles. The normalized spacial score (nSPS) is 13.0. The van der Waals surface area contributed by atoms with E-state index in [4.69, 9.17) is 5.84 Å². The second-order valence-electron chi connectivity index (χ2n) is 2.83. The van der Waals surface area contributed by atoms with Crippen molar-refractivity contribution in [1.29, 1.82) is 0 Å². The molecule has 7 heteroatoms. The van der Waals surface area contributed by atoms with E-state index in [1.54, 1.807) is 10.9 Å². The summed E-state index contributed by atoms with van der Waals surface area (Å²) in [5.74, 6) is 5.46. The molecule has 0 aromatic carbocycles. The number of nitrogens with two attached hydrogens (primary N) is 1. The average molecular weight is 210 g/mol. The summed E-state index contributed by atoms with van der Waals surface area (Å²) in [7, 11) is 1.86. The van der Waals surface area contributed by atoms with Crippen LogP contribution in [0.25, 0.3) is 0 Å². The van der Waals surface area contributed by atoms with Gasteiger partial charge in [-0.3, -0.25) is 10.5 Å². The first-order valence-electron chi connectivity index (χ1n) is 4.04. The third-order valence-corrected chi connectivity index (χ3v) is 2.59. The monoisotopic (exact) mass is 210 g/mol. The Morgan fingerprint density at radius 3 is 3.00 bits per heavy atom. The van der Waals surface area contributed by atoms with E-state index in [1.165, 1.54) is 11.5 Å². The summed E-state index contributed by atoms with van der Waals surface area (Å²) in [6.07, 6.45) is 3.55. The molecule has 74 valence electrons. The zero-order valence-corrected chi connectivity index (χ0v) is 8.40. The number of nitrogens with zero attached hydrogens (tertiary/aromatic N) is 4. The smallest absolute Gasteiger partial charge is 0.102 e. The van der Waals surface area contributed by atoms with Crippen LogP contribution in [0, 0.1) is 0 Å². The van der Waals surface area contributed by atoms with E-state index in [0.29, 0.717) is 0 Å². The van der Waals surface area contributed by atoms with Crippen LogP contribution in [0.2, 0.25) is 0 Å². The van der Waals surface area contributed by atoms with Gasteiger partial charge in [-0.2, -0.15) is 5.10 Å². The zero-order chi connectivity index (χ0) is 9.97. The van der Waals surface area contributed by atoms with Crippen molar-refractivity contribution >= 4 is 11.5 Å². The Bertz CT molecular complexity index is 394. The van der Waals surface area contributed by atoms with Gasteiger partial charge in [-0.1, -0.05) is 4.49 Å². The Morgan fingerprint density at radius 1 is 1.64 bits per heavy atom. The number of nitrogens with one attached hydrogen (secondary N) is 1. The summed E-state index contributed by atoms with van der Waals surface area (Å²) in [6, 6.07) is 1.78. The Morgan fingerprint density at radius 2 is 2.50 bits per heavy atom. The van der Waals surface area contributed by atoms with E-state index < -0.39 is 0 Å². The van der Waals surface area contributed by atoms with Crippen LogP contribution < -0.4 is 11.3 Å². The van der Waals surface area contributed by atoms with Crippen LogP contribution in [0.3, 0.4) is 0 Å². The van der Waals surface area contributed by atoms with Gasteiger partial charge in [0.1, 0.15) is 6.04 Å². The van der Waals surface area contributed by atoms with Crippen LogP contribution in [0.15, 0.2) is 18.5 Å². The summed E-state index contributed by atoms with van der Waals surface area (Å²) >= 11 is 1.31. The van der Waals surface area contributed by atoms with Crippen LogP contribution >= 0.6 is 11.5 Å². The highest BCUT2D eigenvalue weighted by Gasteiger charge is 2.16. The van der Waals surface area contributed by atoms with E-state index in [0.717, 1.165) is 10.6 Å². The Kier molecular flexibility index (Phi) is 2.53. The topological polar surface area (TPSA) is 81.7 Å². The molecule has 0 saturated heterocycles. The van der Waals surface area contributed by atoms with Gasteiger partial charge in [0.25, 0.3) is 0 Å². The lowest BCUT2D eigenvalue weighted by atomic mass is 10.2. The van der Waals surface area contributed by atoms with E-state index in [-0.39, 0.29) is 6.04 Å². The maximum absolute atomic E-state index is 5.46. The van der Waals surface area contributed by atoms with Gasteiger partial charge >= 0.3 is 0 Å². The summed E-state index contributed by atoms with van der Waals surface area (Å²) < 4.78 is 5.52. The molecule has 0 amide bonds. The molecule has 2 rings (SSSR count). The van der Waals surface area contributed by atoms with Crippen molar-refractivity contribution < 1.29 is 0 Å². The minimum absolute atomic E-state index is 0.129. The number of aromatic nitrogens is 4. The lowest BCUT2D eigenvalue weighted by Gasteiger charge is -2.09. The first-order valence-corrected chi connectivity index (χ1v) is 4.81. The van der Waals surface area contributed by atoms with Crippen molar-refractivity contribution in [2.45, 2.75) is 6.04 Å². The van der Waals surface area contributed by atoms with E-state index >= 15 is 0 Å². The largest absolute Gasteiger partial charge is 0.275 e. The summed E-state index contributed by atoms with van der Waals surface area (Å²) in [5.41, 5.74) is 3.55. The third-order valence-electron chi connectivity index (χ3n) is 1.86. The molecule has 2 aromatic rings. The molecule has 0 bridgehead atoms. The molecule has 2 heterocycles. The first-order chi connectivity index (χ1) is 6.81. The molecule has 1 atom stereocenters. The van der Waals surface area contributed by atoms with Crippen molar-refractivity contribution in [2.75, 3.05) is 0 Å². The maximum Gasteiger partial charge on any atom is 0.102 e. The zero-order valence-electron chi connectivity index (χ0n) is 7.58. The van der Waals surface area contributed by atoms with E-state index in [2.05, 4.69) is 20.1 Å². The first kappa shape index (κ1) is 9.25. The Labute approximate surface area is 84.9 Å². The van der Waals surface area contributed by atoms with Gasteiger partial charge in [0, 0.05) is 13.2 Å². The van der Waals surface area contributed by atoms with E-state index in [9.17, 15) is 0 Å². The van der Waals surface area contributed by atoms with Crippen molar-refractivity contribution in [3.8, 4) is 0 Å². The molecule has 0 aliphatic rings. The fourth-order valence-electron chi connectivity index (χ4n) is 1.20. The highest BCUT2D eigenvalue weighted by Crippen LogP contribution is 2.20. The molecule has 6 nitrogen and oxygen atoms in total. The molecule has 0 saturated carbocycles. The fraction of sp³-hybridized carbons (Fsp3) is 0.286. The second-order valence-corrected chi connectivity index (χ2v) is 3.65. The number of rotatable bonds is 3. The van der Waals surface area contributed by atoms with Gasteiger partial charge in [-0.05, 0) is 17.6 Å². The fourth-order valence-corrected chi connectivity index (χ4v) is 1.78. The molecule has 0 fully saturated rings. The van der Waals surface area contributed by atoms with Crippen LogP contribution in [-0.2, 0) is 7.05 Å². The van der Waals surface area contributed by atoms with Crippen molar-refractivity contribution in [2.24, 2.45) is 12.9 Å². The number of hydrogen-bond donors (Lipinski definition) is 2. The molecular weight excluding hydrogens is 200 g/mol. The minimum Gasteiger partial charge on any atom is -0.275 e. The average Bonchev–Trinajstić information content (AvgIpc) is 2.79. The maximum atomic E-state index is 5.46. The Hall–Kier alpha value is -1.31. The number of hydrazine groups is 1. The number of hydrogen-bond acceptors (Lipinski definition) is 6. The van der Waals surface area contributed by atoms with Crippen LogP contribution in [0.5, 0.6) is 0 Å². The third kappa shape index (κ3) is 1.65. The van der Waals surface area contributed by atoms with Crippen molar-refractivity contribution in [1.82, 2.24) is 24.8 Å². The molecule has 14 heavy (non-hydrogen) atoms. The van der Waals surface area contributed by atoms with Crippen LogP contribution in [-0.4, -0.2) is 19.4 Å². The van der Waals surface area contributed by atoms with Gasteiger partial charge in [-0.15, -0.1) is 5.10 Å². The lowest BCUT2D eigenvalue weighted by Crippen LogP contribution is -2.28. The summed E-state index contributed by atoms with van der Waals surface area (Å²) in [6.45, 7) is 0. The van der Waals surface area contributed by atoms with Crippen molar-refractivity contribution in [3.63, 3.8) is 0 Å². The SMILES string of the molecule is Cn1ccc(C(NN)c2cnns2)n1. The van der Waals surface area contributed by atoms with Gasteiger partial charge in [0.2, 0.25) is 0 Å². The lowest BCUT2D eigenvalue weighted by molar-refractivity contribution is 0.610. The minimum atomic E-state index is -0.129. The molecular formula is C7H10N6S. The molecule has 3 N–H and O–H groups in total.